The maximum atomic E-state index is 6.08. The Bertz CT molecular complexity index is 404. The van der Waals surface area contributed by atoms with E-state index < -0.39 is 0 Å². The molecular weight excluding hydrogens is 212 g/mol. The van der Waals surface area contributed by atoms with Crippen molar-refractivity contribution in [2.75, 3.05) is 6.61 Å². The highest BCUT2D eigenvalue weighted by molar-refractivity contribution is 5.08. The first-order valence-corrected chi connectivity index (χ1v) is 6.85. The Morgan fingerprint density at radius 3 is 2.76 bits per heavy atom. The predicted octanol–water partition coefficient (Wildman–Crippen LogP) is 3.16. The van der Waals surface area contributed by atoms with Gasteiger partial charge in [0.1, 0.15) is 0 Å². The summed E-state index contributed by atoms with van der Waals surface area (Å²) in [6.07, 6.45) is 7.46. The Balaban J connectivity index is 1.82. The topological polar surface area (TPSA) is 27.1 Å². The van der Waals surface area contributed by atoms with Gasteiger partial charge >= 0.3 is 0 Å². The second-order valence-corrected chi connectivity index (χ2v) is 5.76. The number of nitrogens with zero attached hydrogens (tertiary/aromatic N) is 2. The molecule has 0 bridgehead atoms. The van der Waals surface area contributed by atoms with E-state index in [9.17, 15) is 0 Å². The van der Waals surface area contributed by atoms with Crippen molar-refractivity contribution in [1.29, 1.82) is 0 Å². The Morgan fingerprint density at radius 2 is 2.12 bits per heavy atom. The normalized spacial score (nSPS) is 27.8. The molecule has 0 radical (unpaired) electrons. The van der Waals surface area contributed by atoms with Gasteiger partial charge in [-0.05, 0) is 45.6 Å². The maximum Gasteiger partial charge on any atom is 0.0703 e. The molecule has 0 N–H and O–H groups in total. The minimum atomic E-state index is 0.190. The van der Waals surface area contributed by atoms with Crippen LogP contribution in [0.15, 0.2) is 6.07 Å². The molecule has 1 aliphatic carbocycles. The summed E-state index contributed by atoms with van der Waals surface area (Å²) in [5, 5.41) is 4.65. The zero-order valence-corrected chi connectivity index (χ0v) is 10.9. The van der Waals surface area contributed by atoms with E-state index in [1.165, 1.54) is 31.4 Å². The zero-order valence-electron chi connectivity index (χ0n) is 10.9. The van der Waals surface area contributed by atoms with Crippen LogP contribution < -0.4 is 0 Å². The molecule has 2 aliphatic rings. The van der Waals surface area contributed by atoms with Crippen molar-refractivity contribution in [3.8, 4) is 0 Å². The van der Waals surface area contributed by atoms with E-state index in [-0.39, 0.29) is 5.60 Å². The molecule has 1 aromatic rings. The van der Waals surface area contributed by atoms with Crippen LogP contribution in [0.4, 0.5) is 0 Å². The first kappa shape index (κ1) is 11.3. The summed E-state index contributed by atoms with van der Waals surface area (Å²) in [4.78, 5) is 0. The molecule has 94 valence electrons. The molecule has 1 spiro atoms. The number of rotatable bonds is 1. The van der Waals surface area contributed by atoms with Crippen LogP contribution in [0.25, 0.3) is 0 Å². The molecule has 2 heterocycles. The lowest BCUT2D eigenvalue weighted by atomic mass is 9.89. The average Bonchev–Trinajstić information content (AvgIpc) is 2.86. The van der Waals surface area contributed by atoms with E-state index in [4.69, 9.17) is 4.74 Å². The molecule has 3 heteroatoms. The van der Waals surface area contributed by atoms with E-state index in [1.807, 2.05) is 0 Å². The van der Waals surface area contributed by atoms with E-state index in [2.05, 4.69) is 29.7 Å². The molecule has 3 nitrogen and oxygen atoms in total. The van der Waals surface area contributed by atoms with Crippen molar-refractivity contribution in [1.82, 2.24) is 9.78 Å². The highest BCUT2D eigenvalue weighted by Crippen LogP contribution is 2.43. The smallest absolute Gasteiger partial charge is 0.0703 e. The van der Waals surface area contributed by atoms with Crippen molar-refractivity contribution < 1.29 is 4.74 Å². The lowest BCUT2D eigenvalue weighted by Gasteiger charge is -2.38. The summed E-state index contributed by atoms with van der Waals surface area (Å²) in [6, 6.07) is 2.73. The average molecular weight is 234 g/mol. The van der Waals surface area contributed by atoms with E-state index in [0.29, 0.717) is 6.04 Å². The summed E-state index contributed by atoms with van der Waals surface area (Å²) >= 11 is 0. The fourth-order valence-electron chi connectivity index (χ4n) is 3.59. The van der Waals surface area contributed by atoms with E-state index in [1.54, 1.807) is 0 Å². The second kappa shape index (κ2) is 4.13. The van der Waals surface area contributed by atoms with Crippen molar-refractivity contribution in [2.45, 2.75) is 64.0 Å². The minimum Gasteiger partial charge on any atom is -0.375 e. The summed E-state index contributed by atoms with van der Waals surface area (Å²) in [7, 11) is 0. The van der Waals surface area contributed by atoms with Crippen LogP contribution in [0, 0.1) is 13.8 Å². The van der Waals surface area contributed by atoms with Gasteiger partial charge in [-0.2, -0.15) is 5.10 Å². The largest absolute Gasteiger partial charge is 0.375 e. The van der Waals surface area contributed by atoms with Crippen LogP contribution >= 0.6 is 0 Å². The first-order chi connectivity index (χ1) is 8.19. The van der Waals surface area contributed by atoms with Gasteiger partial charge in [0.05, 0.1) is 17.3 Å². The summed E-state index contributed by atoms with van der Waals surface area (Å²) < 4.78 is 8.32. The molecule has 0 aromatic carbocycles. The van der Waals surface area contributed by atoms with Crippen molar-refractivity contribution in [3.63, 3.8) is 0 Å². The van der Waals surface area contributed by atoms with Crippen molar-refractivity contribution in [3.05, 3.63) is 17.5 Å². The fraction of sp³-hybridized carbons (Fsp3) is 0.786. The lowest BCUT2D eigenvalue weighted by molar-refractivity contribution is -0.0912. The standard InChI is InChI=1S/C14H22N2O/c1-11-9-12(2)16(15-11)13-5-8-17-14(10-13)6-3-4-7-14/h9,13H,3-8,10H2,1-2H3. The minimum absolute atomic E-state index is 0.190. The third-order valence-electron chi connectivity index (χ3n) is 4.37. The zero-order chi connectivity index (χ0) is 11.9. The van der Waals surface area contributed by atoms with Crippen molar-refractivity contribution >= 4 is 0 Å². The third-order valence-corrected chi connectivity index (χ3v) is 4.37. The van der Waals surface area contributed by atoms with E-state index >= 15 is 0 Å². The van der Waals surface area contributed by atoms with Gasteiger partial charge in [0, 0.05) is 12.3 Å². The lowest BCUT2D eigenvalue weighted by Crippen LogP contribution is -2.38. The van der Waals surface area contributed by atoms with Gasteiger partial charge in [-0.1, -0.05) is 12.8 Å². The monoisotopic (exact) mass is 234 g/mol. The Hall–Kier alpha value is -0.830. The quantitative estimate of drug-likeness (QED) is 0.746. The summed E-state index contributed by atoms with van der Waals surface area (Å²) in [6.45, 7) is 5.15. The van der Waals surface area contributed by atoms with Gasteiger partial charge in [-0.25, -0.2) is 0 Å². The molecule has 1 saturated carbocycles. The van der Waals surface area contributed by atoms with Crippen LogP contribution in [-0.4, -0.2) is 22.0 Å². The maximum absolute atomic E-state index is 6.08. The van der Waals surface area contributed by atoms with Gasteiger partial charge < -0.3 is 4.74 Å². The predicted molar refractivity (Wildman–Crippen MR) is 67.1 cm³/mol. The van der Waals surface area contributed by atoms with E-state index in [0.717, 1.165) is 25.1 Å². The Morgan fingerprint density at radius 1 is 1.35 bits per heavy atom. The number of aryl methyl sites for hydroxylation is 2. The highest BCUT2D eigenvalue weighted by atomic mass is 16.5. The molecule has 1 atom stereocenters. The fourth-order valence-corrected chi connectivity index (χ4v) is 3.59. The molecule has 3 rings (SSSR count). The van der Waals surface area contributed by atoms with Crippen molar-refractivity contribution in [2.24, 2.45) is 0 Å². The SMILES string of the molecule is Cc1cc(C)n(C2CCOC3(CCCC3)C2)n1. The molecule has 1 unspecified atom stereocenters. The summed E-state index contributed by atoms with van der Waals surface area (Å²) in [5.41, 5.74) is 2.62. The number of ether oxygens (including phenoxy) is 1. The molecule has 2 fully saturated rings. The molecular formula is C14H22N2O. The van der Waals surface area contributed by atoms with Gasteiger partial charge in [-0.15, -0.1) is 0 Å². The van der Waals surface area contributed by atoms with Gasteiger partial charge in [-0.3, -0.25) is 4.68 Å². The van der Waals surface area contributed by atoms with Crippen LogP contribution in [0.2, 0.25) is 0 Å². The molecule has 0 amide bonds. The molecule has 1 aliphatic heterocycles. The highest BCUT2D eigenvalue weighted by Gasteiger charge is 2.40. The van der Waals surface area contributed by atoms with Crippen LogP contribution in [-0.2, 0) is 4.74 Å². The number of aromatic nitrogens is 2. The Kier molecular flexibility index (Phi) is 2.74. The summed E-state index contributed by atoms with van der Waals surface area (Å²) in [5.74, 6) is 0. The number of hydrogen-bond acceptors (Lipinski definition) is 2. The Labute approximate surface area is 103 Å². The van der Waals surface area contributed by atoms with Crippen LogP contribution in [0.1, 0.15) is 56.0 Å². The molecule has 1 aromatic heterocycles. The molecule has 1 saturated heterocycles. The molecule has 17 heavy (non-hydrogen) atoms. The first-order valence-electron chi connectivity index (χ1n) is 6.85. The van der Waals surface area contributed by atoms with Crippen LogP contribution in [0.5, 0.6) is 0 Å². The number of hydrogen-bond donors (Lipinski definition) is 0. The third kappa shape index (κ3) is 2.01. The van der Waals surface area contributed by atoms with Gasteiger partial charge in [0.15, 0.2) is 0 Å². The van der Waals surface area contributed by atoms with Crippen LogP contribution in [0.3, 0.4) is 0 Å². The second-order valence-electron chi connectivity index (χ2n) is 5.76. The van der Waals surface area contributed by atoms with Gasteiger partial charge in [0.2, 0.25) is 0 Å². The van der Waals surface area contributed by atoms with Gasteiger partial charge in [0.25, 0.3) is 0 Å².